The Kier molecular flexibility index (Phi) is 5.42. The fourth-order valence-electron chi connectivity index (χ4n) is 3.47. The van der Waals surface area contributed by atoms with E-state index >= 15 is 0 Å². The van der Waals surface area contributed by atoms with E-state index in [-0.39, 0.29) is 6.10 Å². The van der Waals surface area contributed by atoms with E-state index in [4.69, 9.17) is 0 Å². The van der Waals surface area contributed by atoms with Crippen LogP contribution in [0.5, 0.6) is 0 Å². The maximum Gasteiger partial charge on any atom is 0.0679 e. The SMILES string of the molecule is OC1CCN(Cc2cccc(NCc3cncc(-c4cccnc4)c3)c2)C1. The summed E-state index contributed by atoms with van der Waals surface area (Å²) in [5, 5.41) is 13.2. The second-order valence-electron chi connectivity index (χ2n) is 7.06. The van der Waals surface area contributed by atoms with E-state index in [0.717, 1.165) is 48.4 Å². The van der Waals surface area contributed by atoms with Crippen LogP contribution in [0.2, 0.25) is 0 Å². The number of aliphatic hydroxyl groups excluding tert-OH is 1. The molecule has 1 unspecified atom stereocenters. The summed E-state index contributed by atoms with van der Waals surface area (Å²) in [6.07, 6.45) is 8.09. The van der Waals surface area contributed by atoms with Gasteiger partial charge in [0.15, 0.2) is 0 Å². The molecule has 0 bridgehead atoms. The van der Waals surface area contributed by atoms with Crippen molar-refractivity contribution in [2.24, 2.45) is 0 Å². The number of benzene rings is 1. The Bertz CT molecular complexity index is 884. The van der Waals surface area contributed by atoms with Crippen LogP contribution in [0.15, 0.2) is 67.3 Å². The lowest BCUT2D eigenvalue weighted by Crippen LogP contribution is -2.21. The van der Waals surface area contributed by atoms with Crippen molar-refractivity contribution in [1.82, 2.24) is 14.9 Å². The molecule has 3 aromatic rings. The summed E-state index contributed by atoms with van der Waals surface area (Å²) in [6, 6.07) is 14.6. The van der Waals surface area contributed by atoms with Gasteiger partial charge in [-0.25, -0.2) is 0 Å². The van der Waals surface area contributed by atoms with Crippen LogP contribution >= 0.6 is 0 Å². The number of aromatic nitrogens is 2. The summed E-state index contributed by atoms with van der Waals surface area (Å²) in [7, 11) is 0. The van der Waals surface area contributed by atoms with Crippen molar-refractivity contribution in [3.05, 3.63) is 78.4 Å². The number of likely N-dealkylation sites (tertiary alicyclic amines) is 1. The molecule has 1 aromatic carbocycles. The first-order chi connectivity index (χ1) is 13.3. The quantitative estimate of drug-likeness (QED) is 0.706. The minimum absolute atomic E-state index is 0.175. The van der Waals surface area contributed by atoms with Crippen LogP contribution in [-0.4, -0.2) is 39.2 Å². The van der Waals surface area contributed by atoms with E-state index < -0.39 is 0 Å². The molecule has 1 saturated heterocycles. The number of aliphatic hydroxyl groups is 1. The Balaban J connectivity index is 1.39. The van der Waals surface area contributed by atoms with Crippen molar-refractivity contribution in [2.45, 2.75) is 25.6 Å². The molecule has 3 heterocycles. The van der Waals surface area contributed by atoms with E-state index in [1.807, 2.05) is 30.7 Å². The number of nitrogens with one attached hydrogen (secondary N) is 1. The maximum absolute atomic E-state index is 9.68. The van der Waals surface area contributed by atoms with Crippen molar-refractivity contribution in [3.8, 4) is 11.1 Å². The zero-order valence-electron chi connectivity index (χ0n) is 15.3. The lowest BCUT2D eigenvalue weighted by atomic mass is 10.1. The average molecular weight is 360 g/mol. The molecule has 5 heteroatoms. The zero-order chi connectivity index (χ0) is 18.5. The molecule has 1 atom stereocenters. The number of rotatable bonds is 6. The minimum Gasteiger partial charge on any atom is -0.392 e. The summed E-state index contributed by atoms with van der Waals surface area (Å²) in [5.74, 6) is 0. The lowest BCUT2D eigenvalue weighted by molar-refractivity contribution is 0.175. The highest BCUT2D eigenvalue weighted by Crippen LogP contribution is 2.20. The number of β-amino-alcohol motifs (C(OH)–C–C–N with tert-alkyl or cyclic N) is 1. The van der Waals surface area contributed by atoms with Gasteiger partial charge < -0.3 is 10.4 Å². The number of nitrogens with zero attached hydrogens (tertiary/aromatic N) is 3. The summed E-state index contributed by atoms with van der Waals surface area (Å²) in [5.41, 5.74) is 5.63. The van der Waals surface area contributed by atoms with Crippen LogP contribution in [-0.2, 0) is 13.1 Å². The van der Waals surface area contributed by atoms with E-state index in [1.165, 1.54) is 5.56 Å². The fourth-order valence-corrected chi connectivity index (χ4v) is 3.47. The smallest absolute Gasteiger partial charge is 0.0679 e. The van der Waals surface area contributed by atoms with Crippen molar-refractivity contribution in [3.63, 3.8) is 0 Å². The monoisotopic (exact) mass is 360 g/mol. The van der Waals surface area contributed by atoms with Gasteiger partial charge in [0.2, 0.25) is 0 Å². The largest absolute Gasteiger partial charge is 0.392 e. The molecule has 4 rings (SSSR count). The van der Waals surface area contributed by atoms with Crippen molar-refractivity contribution in [1.29, 1.82) is 0 Å². The van der Waals surface area contributed by atoms with Crippen LogP contribution in [0.25, 0.3) is 11.1 Å². The van der Waals surface area contributed by atoms with E-state index in [9.17, 15) is 5.11 Å². The van der Waals surface area contributed by atoms with Crippen LogP contribution in [0.3, 0.4) is 0 Å². The summed E-state index contributed by atoms with van der Waals surface area (Å²) < 4.78 is 0. The standard InChI is InChI=1S/C22H24N4O/c27-22-6-8-26(16-22)15-17-3-1-5-21(10-17)25-12-18-9-20(14-24-11-18)19-4-2-7-23-13-19/h1-5,7,9-11,13-14,22,25,27H,6,8,12,15-16H2. The Labute approximate surface area is 159 Å². The molecule has 0 aliphatic carbocycles. The maximum atomic E-state index is 9.68. The van der Waals surface area contributed by atoms with Crippen LogP contribution in [0.1, 0.15) is 17.5 Å². The van der Waals surface area contributed by atoms with Gasteiger partial charge in [-0.15, -0.1) is 0 Å². The number of hydrogen-bond donors (Lipinski definition) is 2. The van der Waals surface area contributed by atoms with Crippen molar-refractivity contribution < 1.29 is 5.11 Å². The average Bonchev–Trinajstić information content (AvgIpc) is 3.12. The topological polar surface area (TPSA) is 61.3 Å². The molecule has 1 aliphatic heterocycles. The number of pyridine rings is 2. The van der Waals surface area contributed by atoms with E-state index in [2.05, 4.69) is 50.5 Å². The Morgan fingerprint density at radius 2 is 1.93 bits per heavy atom. The lowest BCUT2D eigenvalue weighted by Gasteiger charge is -2.16. The molecular weight excluding hydrogens is 336 g/mol. The van der Waals surface area contributed by atoms with Crippen molar-refractivity contribution in [2.75, 3.05) is 18.4 Å². The molecule has 5 nitrogen and oxygen atoms in total. The van der Waals surface area contributed by atoms with Gasteiger partial charge in [0.25, 0.3) is 0 Å². The molecule has 0 amide bonds. The van der Waals surface area contributed by atoms with Crippen LogP contribution < -0.4 is 5.32 Å². The van der Waals surface area contributed by atoms with Gasteiger partial charge in [-0.1, -0.05) is 18.2 Å². The number of anilines is 1. The summed E-state index contributed by atoms with van der Waals surface area (Å²) >= 11 is 0. The molecule has 2 N–H and O–H groups in total. The highest BCUT2D eigenvalue weighted by molar-refractivity contribution is 5.62. The summed E-state index contributed by atoms with van der Waals surface area (Å²) in [4.78, 5) is 10.8. The molecule has 0 radical (unpaired) electrons. The minimum atomic E-state index is -0.175. The van der Waals surface area contributed by atoms with Gasteiger partial charge >= 0.3 is 0 Å². The third kappa shape index (κ3) is 4.70. The third-order valence-electron chi connectivity index (χ3n) is 4.87. The molecule has 1 fully saturated rings. The van der Waals surface area contributed by atoms with E-state index in [1.54, 1.807) is 6.20 Å². The van der Waals surface area contributed by atoms with Crippen molar-refractivity contribution >= 4 is 5.69 Å². The first-order valence-electron chi connectivity index (χ1n) is 9.34. The number of hydrogen-bond acceptors (Lipinski definition) is 5. The zero-order valence-corrected chi connectivity index (χ0v) is 15.3. The molecule has 2 aromatic heterocycles. The highest BCUT2D eigenvalue weighted by Gasteiger charge is 2.19. The molecular formula is C22H24N4O. The summed E-state index contributed by atoms with van der Waals surface area (Å²) in [6.45, 7) is 3.33. The third-order valence-corrected chi connectivity index (χ3v) is 4.87. The van der Waals surface area contributed by atoms with Gasteiger partial charge in [-0.2, -0.15) is 0 Å². The second-order valence-corrected chi connectivity index (χ2v) is 7.06. The first-order valence-corrected chi connectivity index (χ1v) is 9.34. The first kappa shape index (κ1) is 17.6. The van der Waals surface area contributed by atoms with Crippen LogP contribution in [0.4, 0.5) is 5.69 Å². The van der Waals surface area contributed by atoms with Gasteiger partial charge in [-0.05, 0) is 41.8 Å². The van der Waals surface area contributed by atoms with Gasteiger partial charge in [0.05, 0.1) is 6.10 Å². The molecule has 1 aliphatic rings. The Hall–Kier alpha value is -2.76. The second kappa shape index (κ2) is 8.29. The Morgan fingerprint density at radius 1 is 1.00 bits per heavy atom. The molecule has 27 heavy (non-hydrogen) atoms. The molecule has 0 spiro atoms. The van der Waals surface area contributed by atoms with Gasteiger partial charge in [0, 0.05) is 67.8 Å². The predicted molar refractivity (Wildman–Crippen MR) is 107 cm³/mol. The van der Waals surface area contributed by atoms with E-state index in [0.29, 0.717) is 6.54 Å². The Morgan fingerprint density at radius 3 is 2.74 bits per heavy atom. The molecule has 0 saturated carbocycles. The van der Waals surface area contributed by atoms with Crippen LogP contribution in [0, 0.1) is 0 Å². The normalized spacial score (nSPS) is 17.1. The predicted octanol–water partition coefficient (Wildman–Crippen LogP) is 3.32. The van der Waals surface area contributed by atoms with Gasteiger partial charge in [-0.3, -0.25) is 14.9 Å². The molecule has 138 valence electrons. The fraction of sp³-hybridized carbons (Fsp3) is 0.273. The highest BCUT2D eigenvalue weighted by atomic mass is 16.3. The van der Waals surface area contributed by atoms with Gasteiger partial charge in [0.1, 0.15) is 0 Å².